The number of fused-ring (bicyclic) bond motifs is 2. The summed E-state index contributed by atoms with van der Waals surface area (Å²) in [6.45, 7) is 8.22. The van der Waals surface area contributed by atoms with Gasteiger partial charge in [-0.1, -0.05) is 24.3 Å². The van der Waals surface area contributed by atoms with Crippen LogP contribution >= 0.6 is 0 Å². The minimum Gasteiger partial charge on any atom is -0.491 e. The van der Waals surface area contributed by atoms with Crippen molar-refractivity contribution in [3.63, 3.8) is 0 Å². The quantitative estimate of drug-likeness (QED) is 0.575. The second-order valence-corrected chi connectivity index (χ2v) is 8.76. The minimum atomic E-state index is -0.498. The number of carbonyl (C=O) groups excluding carboxylic acids is 1. The Labute approximate surface area is 192 Å². The largest absolute Gasteiger partial charge is 0.491 e. The van der Waals surface area contributed by atoms with Gasteiger partial charge in [-0.25, -0.2) is 0 Å². The molecular formula is C26H28N2O5. The number of para-hydroxylation sites is 1. The van der Waals surface area contributed by atoms with Gasteiger partial charge in [-0.15, -0.1) is 0 Å². The third-order valence-corrected chi connectivity index (χ3v) is 6.20. The van der Waals surface area contributed by atoms with Crippen LogP contribution in [0.3, 0.4) is 0 Å². The van der Waals surface area contributed by atoms with Crippen LogP contribution < -0.4 is 10.2 Å². The molecular weight excluding hydrogens is 420 g/mol. The molecule has 2 aliphatic rings. The van der Waals surface area contributed by atoms with Crippen molar-refractivity contribution in [3.05, 3.63) is 75.6 Å². The maximum atomic E-state index is 13.5. The van der Waals surface area contributed by atoms with Crippen LogP contribution in [0.2, 0.25) is 0 Å². The molecule has 7 heteroatoms. The van der Waals surface area contributed by atoms with Crippen molar-refractivity contribution in [1.82, 2.24) is 9.80 Å². The first-order chi connectivity index (χ1) is 16.0. The lowest BCUT2D eigenvalue weighted by molar-refractivity contribution is 0.0314. The number of morpholine rings is 1. The number of hydrogen-bond acceptors (Lipinski definition) is 6. The van der Waals surface area contributed by atoms with Gasteiger partial charge in [0.05, 0.1) is 36.3 Å². The van der Waals surface area contributed by atoms with E-state index in [-0.39, 0.29) is 23.2 Å². The Balaban J connectivity index is 1.55. The molecule has 1 unspecified atom stereocenters. The number of amides is 1. The number of nitrogens with zero attached hydrogens (tertiary/aromatic N) is 2. The van der Waals surface area contributed by atoms with Gasteiger partial charge in [-0.3, -0.25) is 14.5 Å². The monoisotopic (exact) mass is 448 g/mol. The molecule has 5 rings (SSSR count). The van der Waals surface area contributed by atoms with Crippen LogP contribution in [0.5, 0.6) is 5.75 Å². The van der Waals surface area contributed by atoms with Crippen LogP contribution in [0.1, 0.15) is 41.6 Å². The molecule has 2 aromatic carbocycles. The molecule has 1 aromatic heterocycles. The van der Waals surface area contributed by atoms with Gasteiger partial charge in [0.15, 0.2) is 5.43 Å². The molecule has 1 saturated heterocycles. The Morgan fingerprint density at radius 2 is 1.73 bits per heavy atom. The van der Waals surface area contributed by atoms with E-state index < -0.39 is 6.04 Å². The zero-order valence-electron chi connectivity index (χ0n) is 19.0. The number of rotatable bonds is 6. The molecule has 0 radical (unpaired) electrons. The van der Waals surface area contributed by atoms with Crippen molar-refractivity contribution in [2.75, 3.05) is 39.4 Å². The molecule has 0 spiro atoms. The summed E-state index contributed by atoms with van der Waals surface area (Å²) in [5.74, 6) is 0.658. The van der Waals surface area contributed by atoms with E-state index in [0.29, 0.717) is 42.8 Å². The topological polar surface area (TPSA) is 72.2 Å². The lowest BCUT2D eigenvalue weighted by Gasteiger charge is -2.31. The third kappa shape index (κ3) is 4.14. The van der Waals surface area contributed by atoms with Gasteiger partial charge in [0.25, 0.3) is 5.91 Å². The van der Waals surface area contributed by atoms with Gasteiger partial charge >= 0.3 is 0 Å². The predicted octanol–water partition coefficient (Wildman–Crippen LogP) is 3.46. The Hall–Kier alpha value is -3.16. The first-order valence-electron chi connectivity index (χ1n) is 11.5. The highest BCUT2D eigenvalue weighted by Crippen LogP contribution is 2.38. The Bertz CT molecular complexity index is 1210. The van der Waals surface area contributed by atoms with Crippen LogP contribution in [0.4, 0.5) is 0 Å². The second-order valence-electron chi connectivity index (χ2n) is 8.76. The van der Waals surface area contributed by atoms with Gasteiger partial charge in [0, 0.05) is 26.2 Å². The average Bonchev–Trinajstić information content (AvgIpc) is 3.10. The summed E-state index contributed by atoms with van der Waals surface area (Å²) < 4.78 is 17.2. The van der Waals surface area contributed by atoms with Crippen molar-refractivity contribution in [1.29, 1.82) is 0 Å². The van der Waals surface area contributed by atoms with Crippen LogP contribution in [0.25, 0.3) is 11.0 Å². The summed E-state index contributed by atoms with van der Waals surface area (Å²) >= 11 is 0. The molecule has 3 aromatic rings. The SMILES string of the molecule is CC(C)Oc1ccc(C2c3c(oc4ccccc4c3=O)C(=O)N2CCN2CCOCC2)cc1. The van der Waals surface area contributed by atoms with Crippen LogP contribution in [-0.4, -0.2) is 61.2 Å². The molecule has 0 aliphatic carbocycles. The van der Waals surface area contributed by atoms with E-state index in [4.69, 9.17) is 13.9 Å². The first kappa shape index (κ1) is 21.7. The van der Waals surface area contributed by atoms with Gasteiger partial charge in [-0.05, 0) is 43.7 Å². The van der Waals surface area contributed by atoms with E-state index in [9.17, 15) is 9.59 Å². The Morgan fingerprint density at radius 1 is 1.00 bits per heavy atom. The van der Waals surface area contributed by atoms with Gasteiger partial charge in [0.2, 0.25) is 5.76 Å². The summed E-state index contributed by atoms with van der Waals surface area (Å²) in [5, 5.41) is 0.490. The summed E-state index contributed by atoms with van der Waals surface area (Å²) in [6, 6.07) is 14.2. The highest BCUT2D eigenvalue weighted by molar-refractivity contribution is 5.99. The van der Waals surface area contributed by atoms with Gasteiger partial charge in [-0.2, -0.15) is 0 Å². The normalized spacial score (nSPS) is 18.8. The molecule has 7 nitrogen and oxygen atoms in total. The van der Waals surface area contributed by atoms with E-state index in [0.717, 1.165) is 24.4 Å². The number of ether oxygens (including phenoxy) is 2. The van der Waals surface area contributed by atoms with E-state index in [1.165, 1.54) is 0 Å². The molecule has 0 bridgehead atoms. The van der Waals surface area contributed by atoms with Crippen molar-refractivity contribution >= 4 is 16.9 Å². The fourth-order valence-corrected chi connectivity index (χ4v) is 4.62. The molecule has 33 heavy (non-hydrogen) atoms. The second kappa shape index (κ2) is 9.00. The standard InChI is InChI=1S/C26H28N2O5/c1-17(2)32-19-9-7-18(8-10-19)23-22-24(29)20-5-3-4-6-21(20)33-25(22)26(30)28(23)12-11-27-13-15-31-16-14-27/h3-10,17,23H,11-16H2,1-2H3. The zero-order chi connectivity index (χ0) is 22.9. The molecule has 2 aliphatic heterocycles. The van der Waals surface area contributed by atoms with E-state index in [2.05, 4.69) is 4.90 Å². The Morgan fingerprint density at radius 3 is 2.45 bits per heavy atom. The van der Waals surface area contributed by atoms with Crippen LogP contribution in [0, 0.1) is 0 Å². The average molecular weight is 449 g/mol. The summed E-state index contributed by atoms with van der Waals surface area (Å²) in [7, 11) is 0. The number of carbonyl (C=O) groups is 1. The lowest BCUT2D eigenvalue weighted by Crippen LogP contribution is -2.42. The first-order valence-corrected chi connectivity index (χ1v) is 11.5. The molecule has 0 saturated carbocycles. The van der Waals surface area contributed by atoms with E-state index in [1.807, 2.05) is 44.2 Å². The Kier molecular flexibility index (Phi) is 5.91. The maximum Gasteiger partial charge on any atom is 0.290 e. The summed E-state index contributed by atoms with van der Waals surface area (Å²) in [6.07, 6.45) is 0.0630. The fraction of sp³-hybridized carbons (Fsp3) is 0.385. The van der Waals surface area contributed by atoms with Crippen molar-refractivity contribution < 1.29 is 18.7 Å². The fourth-order valence-electron chi connectivity index (χ4n) is 4.62. The molecule has 1 amide bonds. The summed E-state index contributed by atoms with van der Waals surface area (Å²) in [5.41, 5.74) is 1.56. The zero-order valence-corrected chi connectivity index (χ0v) is 19.0. The lowest BCUT2D eigenvalue weighted by atomic mass is 9.98. The third-order valence-electron chi connectivity index (χ3n) is 6.20. The van der Waals surface area contributed by atoms with E-state index in [1.54, 1.807) is 23.1 Å². The van der Waals surface area contributed by atoms with Crippen LogP contribution in [0.15, 0.2) is 57.7 Å². The number of benzene rings is 2. The van der Waals surface area contributed by atoms with Crippen molar-refractivity contribution in [3.8, 4) is 5.75 Å². The molecule has 1 atom stereocenters. The molecule has 0 N–H and O–H groups in total. The number of hydrogen-bond donors (Lipinski definition) is 0. The molecule has 3 heterocycles. The highest BCUT2D eigenvalue weighted by atomic mass is 16.5. The maximum absolute atomic E-state index is 13.5. The van der Waals surface area contributed by atoms with Crippen molar-refractivity contribution in [2.45, 2.75) is 26.0 Å². The molecule has 172 valence electrons. The van der Waals surface area contributed by atoms with Crippen LogP contribution in [-0.2, 0) is 4.74 Å². The smallest absolute Gasteiger partial charge is 0.290 e. The summed E-state index contributed by atoms with van der Waals surface area (Å²) in [4.78, 5) is 31.1. The highest BCUT2D eigenvalue weighted by Gasteiger charge is 2.42. The minimum absolute atomic E-state index is 0.0630. The van der Waals surface area contributed by atoms with Gasteiger partial charge in [0.1, 0.15) is 11.3 Å². The molecule has 1 fully saturated rings. The predicted molar refractivity (Wildman–Crippen MR) is 125 cm³/mol. The van der Waals surface area contributed by atoms with E-state index >= 15 is 0 Å². The van der Waals surface area contributed by atoms with Gasteiger partial charge < -0.3 is 18.8 Å². The van der Waals surface area contributed by atoms with Crippen molar-refractivity contribution in [2.24, 2.45) is 0 Å².